The number of phenolic OH excluding ortho intramolecular Hbond substituents is 1. The first-order valence-electron chi connectivity index (χ1n) is 12.2. The summed E-state index contributed by atoms with van der Waals surface area (Å²) in [4.78, 5) is 52.5. The summed E-state index contributed by atoms with van der Waals surface area (Å²) < 4.78 is 17.7. The number of nitrogens with zero attached hydrogens (tertiary/aromatic N) is 4. The van der Waals surface area contributed by atoms with E-state index in [1.54, 1.807) is 39.0 Å². The molecule has 1 atom stereocenters. The topological polar surface area (TPSA) is 186 Å². The number of phenols is 1. The number of esters is 1. The molecule has 214 valence electrons. The molecule has 0 bridgehead atoms. The molecule has 0 aliphatic carbocycles. The first-order chi connectivity index (χ1) is 19.5. The molecule has 0 unspecified atom stereocenters. The Hall–Kier alpha value is -5.05. The zero-order valence-corrected chi connectivity index (χ0v) is 23.1. The van der Waals surface area contributed by atoms with E-state index in [0.29, 0.717) is 29.4 Å². The number of hydrogen-bond donors (Lipinski definition) is 1. The van der Waals surface area contributed by atoms with Crippen molar-refractivity contribution in [3.8, 4) is 17.2 Å². The van der Waals surface area contributed by atoms with Crippen molar-refractivity contribution in [1.82, 2.24) is 4.57 Å². The van der Waals surface area contributed by atoms with E-state index in [2.05, 4.69) is 4.99 Å². The van der Waals surface area contributed by atoms with E-state index in [4.69, 9.17) is 14.2 Å². The molecule has 1 aliphatic rings. The van der Waals surface area contributed by atoms with Crippen LogP contribution in [0.25, 0.3) is 6.08 Å². The van der Waals surface area contributed by atoms with E-state index in [1.807, 2.05) is 0 Å². The highest BCUT2D eigenvalue weighted by atomic mass is 32.1. The average molecular weight is 585 g/mol. The minimum atomic E-state index is -1.10. The molecule has 2 aromatic carbocycles. The molecule has 4 rings (SSSR count). The van der Waals surface area contributed by atoms with Gasteiger partial charge in [0, 0.05) is 12.1 Å². The Bertz CT molecular complexity index is 1760. The maximum Gasteiger partial charge on any atom is 0.338 e. The maximum absolute atomic E-state index is 13.8. The lowest BCUT2D eigenvalue weighted by Crippen LogP contribution is -2.40. The first-order valence-corrected chi connectivity index (χ1v) is 13.0. The van der Waals surface area contributed by atoms with Gasteiger partial charge in [-0.2, -0.15) is 0 Å². The van der Waals surface area contributed by atoms with E-state index in [1.165, 1.54) is 17.8 Å². The predicted octanol–water partition coefficient (Wildman–Crippen LogP) is 2.73. The number of allylic oxidation sites excluding steroid dienone is 1. The summed E-state index contributed by atoms with van der Waals surface area (Å²) in [6, 6.07) is 5.82. The minimum absolute atomic E-state index is 0.0273. The number of aromatic hydroxyl groups is 1. The van der Waals surface area contributed by atoms with Crippen molar-refractivity contribution in [3.05, 3.63) is 92.6 Å². The van der Waals surface area contributed by atoms with Gasteiger partial charge in [0.2, 0.25) is 0 Å². The van der Waals surface area contributed by atoms with Gasteiger partial charge in [0.15, 0.2) is 16.3 Å². The van der Waals surface area contributed by atoms with Gasteiger partial charge in [-0.05, 0) is 50.1 Å². The molecule has 0 radical (unpaired) electrons. The molecule has 1 N–H and O–H groups in total. The Morgan fingerprint density at radius 2 is 1.78 bits per heavy atom. The van der Waals surface area contributed by atoms with Crippen LogP contribution in [0.2, 0.25) is 0 Å². The third-order valence-corrected chi connectivity index (χ3v) is 7.09. The number of nitro benzene ring substituents is 2. The van der Waals surface area contributed by atoms with Crippen molar-refractivity contribution in [2.24, 2.45) is 4.99 Å². The second-order valence-corrected chi connectivity index (χ2v) is 9.58. The summed E-state index contributed by atoms with van der Waals surface area (Å²) in [6.07, 6.45) is 1.23. The van der Waals surface area contributed by atoms with Crippen molar-refractivity contribution in [3.63, 3.8) is 0 Å². The molecule has 0 saturated carbocycles. The SMILES string of the molecule is CCOC(=O)C1=C(C)N=c2s/c(=C\c3cc([N+](=O)[O-])c(O)c([N+](=O)[O-])c3)c(=O)n2[C@H]1c1ccc(OC)c(OCC)c1. The first kappa shape index (κ1) is 28.9. The molecular formula is C26H24N4O10S. The second-order valence-electron chi connectivity index (χ2n) is 8.57. The minimum Gasteiger partial charge on any atom is -0.497 e. The zero-order chi connectivity index (χ0) is 30.0. The van der Waals surface area contributed by atoms with Crippen LogP contribution in [0, 0.1) is 20.2 Å². The Balaban J connectivity index is 2.00. The van der Waals surface area contributed by atoms with Gasteiger partial charge in [-0.25, -0.2) is 9.79 Å². The van der Waals surface area contributed by atoms with E-state index in [-0.39, 0.29) is 27.1 Å². The summed E-state index contributed by atoms with van der Waals surface area (Å²) in [6.45, 7) is 5.46. The Labute approximate surface area is 235 Å². The largest absolute Gasteiger partial charge is 0.497 e. The fourth-order valence-corrected chi connectivity index (χ4v) is 5.42. The molecule has 2 heterocycles. The van der Waals surface area contributed by atoms with E-state index < -0.39 is 44.5 Å². The van der Waals surface area contributed by atoms with Crippen LogP contribution >= 0.6 is 11.3 Å². The number of carbonyl (C=O) groups is 1. The molecule has 14 nitrogen and oxygen atoms in total. The summed E-state index contributed by atoms with van der Waals surface area (Å²) in [5.41, 5.74) is -1.53. The van der Waals surface area contributed by atoms with Gasteiger partial charge >= 0.3 is 17.3 Å². The second kappa shape index (κ2) is 11.6. The van der Waals surface area contributed by atoms with Crippen LogP contribution in [0.1, 0.15) is 37.9 Å². The summed E-state index contributed by atoms with van der Waals surface area (Å²) in [7, 11) is 1.48. The molecular weight excluding hydrogens is 560 g/mol. The van der Waals surface area contributed by atoms with Crippen molar-refractivity contribution >= 4 is 34.8 Å². The average Bonchev–Trinajstić information content (AvgIpc) is 3.22. The van der Waals surface area contributed by atoms with Gasteiger partial charge in [-0.15, -0.1) is 0 Å². The molecule has 15 heteroatoms. The highest BCUT2D eigenvalue weighted by molar-refractivity contribution is 7.07. The zero-order valence-electron chi connectivity index (χ0n) is 22.3. The molecule has 0 saturated heterocycles. The van der Waals surface area contributed by atoms with Gasteiger partial charge in [-0.3, -0.25) is 29.6 Å². The van der Waals surface area contributed by atoms with Gasteiger partial charge in [-0.1, -0.05) is 17.4 Å². The number of carbonyl (C=O) groups excluding carboxylic acids is 1. The molecule has 1 aromatic heterocycles. The fraction of sp³-hybridized carbons (Fsp3) is 0.269. The molecule has 0 spiro atoms. The normalized spacial score (nSPS) is 14.7. The third-order valence-electron chi connectivity index (χ3n) is 6.10. The van der Waals surface area contributed by atoms with E-state index >= 15 is 0 Å². The monoisotopic (exact) mass is 584 g/mol. The van der Waals surface area contributed by atoms with Crippen molar-refractivity contribution < 1.29 is 34.0 Å². The van der Waals surface area contributed by atoms with Crippen LogP contribution in [0.15, 0.2) is 51.4 Å². The summed E-state index contributed by atoms with van der Waals surface area (Å²) in [5.74, 6) is -0.947. The smallest absolute Gasteiger partial charge is 0.338 e. The van der Waals surface area contributed by atoms with Gasteiger partial charge < -0.3 is 19.3 Å². The number of methoxy groups -OCH3 is 1. The van der Waals surface area contributed by atoms with Crippen LogP contribution in [0.4, 0.5) is 11.4 Å². The van der Waals surface area contributed by atoms with E-state index in [0.717, 1.165) is 23.5 Å². The van der Waals surface area contributed by atoms with Crippen molar-refractivity contribution in [2.45, 2.75) is 26.8 Å². The maximum atomic E-state index is 13.8. The van der Waals surface area contributed by atoms with E-state index in [9.17, 15) is 34.9 Å². The Morgan fingerprint density at radius 3 is 2.34 bits per heavy atom. The summed E-state index contributed by atoms with van der Waals surface area (Å²) >= 11 is 0.925. The van der Waals surface area contributed by atoms with Crippen LogP contribution < -0.4 is 24.4 Å². The Morgan fingerprint density at radius 1 is 1.12 bits per heavy atom. The number of thiazole rings is 1. The van der Waals surface area contributed by atoms with Gasteiger partial charge in [0.1, 0.15) is 0 Å². The lowest BCUT2D eigenvalue weighted by Gasteiger charge is -2.25. The highest BCUT2D eigenvalue weighted by Crippen LogP contribution is 2.38. The third kappa shape index (κ3) is 5.38. The standard InChI is InChI=1S/C26H24N4O10S/c1-5-39-19-12-15(7-8-18(19)38-4)22-21(25(33)40-6-2)13(3)27-26-28(22)24(32)20(41-26)11-14-9-16(29(34)35)23(31)17(10-14)30(36)37/h7-12,22,31H,5-6H2,1-4H3/b20-11-/t22-/m0/s1. The number of rotatable bonds is 9. The number of hydrogen-bond acceptors (Lipinski definition) is 12. The van der Waals surface area contributed by atoms with Crippen LogP contribution in [-0.4, -0.2) is 45.8 Å². The van der Waals surface area contributed by atoms with Crippen LogP contribution in [0.5, 0.6) is 17.2 Å². The summed E-state index contributed by atoms with van der Waals surface area (Å²) in [5, 5.41) is 32.8. The number of ether oxygens (including phenoxy) is 3. The van der Waals surface area contributed by atoms with Crippen LogP contribution in [-0.2, 0) is 9.53 Å². The highest BCUT2D eigenvalue weighted by Gasteiger charge is 2.34. The molecule has 41 heavy (non-hydrogen) atoms. The number of nitro groups is 2. The molecule has 0 fully saturated rings. The Kier molecular flexibility index (Phi) is 8.18. The fourth-order valence-electron chi connectivity index (χ4n) is 4.38. The van der Waals surface area contributed by atoms with Crippen LogP contribution in [0.3, 0.4) is 0 Å². The van der Waals surface area contributed by atoms with Gasteiger partial charge in [0.25, 0.3) is 11.3 Å². The molecule has 0 amide bonds. The number of aromatic nitrogens is 1. The quantitative estimate of drug-likeness (QED) is 0.223. The number of fused-ring (bicyclic) bond motifs is 1. The number of benzene rings is 2. The van der Waals surface area contributed by atoms with Crippen molar-refractivity contribution in [1.29, 1.82) is 0 Å². The molecule has 3 aromatic rings. The lowest BCUT2D eigenvalue weighted by molar-refractivity contribution is -0.396. The molecule has 1 aliphatic heterocycles. The van der Waals surface area contributed by atoms with Crippen molar-refractivity contribution in [2.75, 3.05) is 20.3 Å². The van der Waals surface area contributed by atoms with Gasteiger partial charge in [0.05, 0.1) is 52.0 Å². The lowest BCUT2D eigenvalue weighted by atomic mass is 9.95. The predicted molar refractivity (Wildman–Crippen MR) is 146 cm³/mol.